The highest BCUT2D eigenvalue weighted by molar-refractivity contribution is 5.46. The van der Waals surface area contributed by atoms with Crippen LogP contribution in [-0.2, 0) is 6.54 Å². The monoisotopic (exact) mass is 275 g/mol. The highest BCUT2D eigenvalue weighted by atomic mass is 16.5. The van der Waals surface area contributed by atoms with Gasteiger partial charge in [-0.05, 0) is 33.8 Å². The van der Waals surface area contributed by atoms with Gasteiger partial charge in [0.15, 0.2) is 11.5 Å². The van der Waals surface area contributed by atoms with E-state index < -0.39 is 0 Å². The van der Waals surface area contributed by atoms with Gasteiger partial charge < -0.3 is 14.8 Å². The Kier molecular flexibility index (Phi) is 6.41. The molecule has 0 bridgehead atoms. The van der Waals surface area contributed by atoms with E-state index in [1.807, 2.05) is 19.1 Å². The summed E-state index contributed by atoms with van der Waals surface area (Å²) in [6, 6.07) is 5.96. The van der Waals surface area contributed by atoms with E-state index in [0.717, 1.165) is 30.0 Å². The van der Waals surface area contributed by atoms with Gasteiger partial charge in [0, 0.05) is 24.1 Å². The Labute approximate surface area is 122 Å². The van der Waals surface area contributed by atoms with Crippen molar-refractivity contribution < 1.29 is 9.47 Å². The maximum absolute atomic E-state index is 5.86. The second-order valence-electron chi connectivity index (χ2n) is 5.58. The van der Waals surface area contributed by atoms with Crippen molar-refractivity contribution in [1.82, 2.24) is 5.32 Å². The van der Waals surface area contributed by atoms with Crippen molar-refractivity contribution in [3.05, 3.63) is 23.8 Å². The maximum atomic E-state index is 5.86. The average Bonchev–Trinajstić information content (AvgIpc) is 2.41. The first-order chi connectivity index (χ1) is 9.48. The zero-order chi connectivity index (χ0) is 15.0. The molecular weight excluding hydrogens is 250 g/mol. The lowest BCUT2D eigenvalue weighted by molar-refractivity contribution is 0.295. The summed E-state index contributed by atoms with van der Waals surface area (Å²) in [5.41, 5.74) is 1.16. The number of benzene rings is 1. The van der Waals surface area contributed by atoms with Gasteiger partial charge in [-0.2, -0.15) is 0 Å². The minimum atomic E-state index is 0.0635. The van der Waals surface area contributed by atoms with E-state index in [1.165, 1.54) is 0 Å². The van der Waals surface area contributed by atoms with Gasteiger partial charge in [0.25, 0.3) is 0 Å². The topological polar surface area (TPSA) is 30.5 Å². The van der Waals surface area contributed by atoms with Crippen molar-refractivity contribution in [1.29, 1.82) is 0 Å². The average molecular weight is 275 g/mol. The number of para-hydroxylation sites is 1. The molecule has 0 aliphatic rings. The standard InChI is InChI=1S/C17H25NO2/c1-6-7-8-12-20-16-14(13-18-17(2,3)4)10-9-11-15(16)19-5/h9-11,18H,8,12-13H2,1-5H3. The van der Waals surface area contributed by atoms with Crippen LogP contribution in [-0.4, -0.2) is 19.3 Å². The number of hydrogen-bond acceptors (Lipinski definition) is 3. The molecule has 1 aromatic carbocycles. The molecule has 0 atom stereocenters. The summed E-state index contributed by atoms with van der Waals surface area (Å²) >= 11 is 0. The molecule has 20 heavy (non-hydrogen) atoms. The fourth-order valence-corrected chi connectivity index (χ4v) is 1.71. The summed E-state index contributed by atoms with van der Waals surface area (Å²) in [6.07, 6.45) is 0.723. The third-order valence-corrected chi connectivity index (χ3v) is 2.74. The van der Waals surface area contributed by atoms with Crippen LogP contribution in [0.1, 0.15) is 39.7 Å². The van der Waals surface area contributed by atoms with Crippen LogP contribution >= 0.6 is 0 Å². The van der Waals surface area contributed by atoms with Crippen molar-refractivity contribution in [3.63, 3.8) is 0 Å². The molecule has 0 aromatic heterocycles. The summed E-state index contributed by atoms with van der Waals surface area (Å²) < 4.78 is 11.2. The van der Waals surface area contributed by atoms with E-state index in [1.54, 1.807) is 7.11 Å². The van der Waals surface area contributed by atoms with Crippen LogP contribution in [0.3, 0.4) is 0 Å². The molecule has 0 radical (unpaired) electrons. The lowest BCUT2D eigenvalue weighted by Gasteiger charge is -2.22. The third-order valence-electron chi connectivity index (χ3n) is 2.74. The lowest BCUT2D eigenvalue weighted by atomic mass is 10.1. The first kappa shape index (κ1) is 16.4. The molecule has 0 aliphatic carbocycles. The Hall–Kier alpha value is -1.66. The van der Waals surface area contributed by atoms with Crippen LogP contribution in [0, 0.1) is 11.8 Å². The molecule has 0 aliphatic heterocycles. The van der Waals surface area contributed by atoms with E-state index in [4.69, 9.17) is 9.47 Å². The first-order valence-electron chi connectivity index (χ1n) is 6.91. The molecule has 0 saturated carbocycles. The van der Waals surface area contributed by atoms with Gasteiger partial charge in [0.2, 0.25) is 0 Å². The normalized spacial score (nSPS) is 10.7. The zero-order valence-corrected chi connectivity index (χ0v) is 13.2. The number of hydrogen-bond donors (Lipinski definition) is 1. The Morgan fingerprint density at radius 1 is 1.25 bits per heavy atom. The second kappa shape index (κ2) is 7.81. The number of nitrogens with one attached hydrogen (secondary N) is 1. The minimum Gasteiger partial charge on any atom is -0.493 e. The fourth-order valence-electron chi connectivity index (χ4n) is 1.71. The molecule has 3 nitrogen and oxygen atoms in total. The molecule has 0 spiro atoms. The zero-order valence-electron chi connectivity index (χ0n) is 13.2. The van der Waals surface area contributed by atoms with Crippen LogP contribution in [0.5, 0.6) is 11.5 Å². The Balaban J connectivity index is 2.82. The summed E-state index contributed by atoms with van der Waals surface area (Å²) in [7, 11) is 1.66. The maximum Gasteiger partial charge on any atom is 0.165 e. The number of ether oxygens (including phenoxy) is 2. The second-order valence-corrected chi connectivity index (χ2v) is 5.58. The van der Waals surface area contributed by atoms with Crippen LogP contribution in [0.15, 0.2) is 18.2 Å². The van der Waals surface area contributed by atoms with E-state index in [0.29, 0.717) is 6.61 Å². The molecule has 110 valence electrons. The summed E-state index contributed by atoms with van der Waals surface area (Å²) in [5.74, 6) is 7.45. The summed E-state index contributed by atoms with van der Waals surface area (Å²) in [6.45, 7) is 9.58. The van der Waals surface area contributed by atoms with Crippen LogP contribution < -0.4 is 14.8 Å². The number of methoxy groups -OCH3 is 1. The molecule has 0 saturated heterocycles. The molecule has 3 heteroatoms. The number of rotatable bonds is 6. The van der Waals surface area contributed by atoms with Gasteiger partial charge in [-0.1, -0.05) is 12.1 Å². The molecular formula is C17H25NO2. The highest BCUT2D eigenvalue weighted by Crippen LogP contribution is 2.31. The van der Waals surface area contributed by atoms with Crippen molar-refractivity contribution in [2.24, 2.45) is 0 Å². The molecule has 1 N–H and O–H groups in total. The van der Waals surface area contributed by atoms with Gasteiger partial charge in [-0.25, -0.2) is 0 Å². The van der Waals surface area contributed by atoms with Crippen LogP contribution in [0.4, 0.5) is 0 Å². The highest BCUT2D eigenvalue weighted by Gasteiger charge is 2.14. The van der Waals surface area contributed by atoms with E-state index in [2.05, 4.69) is 44.0 Å². The molecule has 1 aromatic rings. The molecule has 1 rings (SSSR count). The van der Waals surface area contributed by atoms with Crippen LogP contribution in [0.2, 0.25) is 0 Å². The van der Waals surface area contributed by atoms with Crippen molar-refractivity contribution >= 4 is 0 Å². The predicted octanol–water partition coefficient (Wildman–Crippen LogP) is 3.38. The van der Waals surface area contributed by atoms with Crippen molar-refractivity contribution in [2.75, 3.05) is 13.7 Å². The first-order valence-corrected chi connectivity index (χ1v) is 6.91. The predicted molar refractivity (Wildman–Crippen MR) is 83.1 cm³/mol. The van der Waals surface area contributed by atoms with E-state index in [-0.39, 0.29) is 5.54 Å². The SMILES string of the molecule is CC#CCCOc1c(CNC(C)(C)C)cccc1OC. The molecule has 0 fully saturated rings. The van der Waals surface area contributed by atoms with E-state index in [9.17, 15) is 0 Å². The Morgan fingerprint density at radius 2 is 2.00 bits per heavy atom. The largest absolute Gasteiger partial charge is 0.493 e. The minimum absolute atomic E-state index is 0.0635. The van der Waals surface area contributed by atoms with Gasteiger partial charge in [0.05, 0.1) is 13.7 Å². The lowest BCUT2D eigenvalue weighted by Crippen LogP contribution is -2.35. The van der Waals surface area contributed by atoms with Crippen LogP contribution in [0.25, 0.3) is 0 Å². The molecule has 0 amide bonds. The quantitative estimate of drug-likeness (QED) is 0.638. The van der Waals surface area contributed by atoms with Crippen molar-refractivity contribution in [2.45, 2.75) is 46.2 Å². The summed E-state index contributed by atoms with van der Waals surface area (Å²) in [5, 5.41) is 3.47. The van der Waals surface area contributed by atoms with Gasteiger partial charge in [-0.15, -0.1) is 11.8 Å². The van der Waals surface area contributed by atoms with Gasteiger partial charge >= 0.3 is 0 Å². The van der Waals surface area contributed by atoms with Gasteiger partial charge in [-0.3, -0.25) is 0 Å². The third kappa shape index (κ3) is 5.54. The molecule has 0 heterocycles. The fraction of sp³-hybridized carbons (Fsp3) is 0.529. The van der Waals surface area contributed by atoms with Gasteiger partial charge in [0.1, 0.15) is 0 Å². The Bertz CT molecular complexity index is 478. The van der Waals surface area contributed by atoms with Crippen molar-refractivity contribution in [3.8, 4) is 23.3 Å². The smallest absolute Gasteiger partial charge is 0.165 e. The summed E-state index contributed by atoms with van der Waals surface area (Å²) in [4.78, 5) is 0. The van der Waals surface area contributed by atoms with E-state index >= 15 is 0 Å². The molecule has 0 unspecified atom stereocenters. The Morgan fingerprint density at radius 3 is 2.60 bits per heavy atom.